The molecule has 11 heteroatoms. The van der Waals surface area contributed by atoms with E-state index >= 15 is 0 Å². The van der Waals surface area contributed by atoms with E-state index in [1.165, 1.54) is 6.33 Å². The van der Waals surface area contributed by atoms with Crippen molar-refractivity contribution in [3.05, 3.63) is 42.7 Å². The van der Waals surface area contributed by atoms with Gasteiger partial charge in [0.05, 0.1) is 35.1 Å². The molecule has 5 N–H and O–H groups in total. The fraction of sp³-hybridized carbons (Fsp3) is 0.409. The standard InChI is InChI=1S/C22H26N8O3/c1-22(33)8-13(31)9-29(10-16(22)30-12-26-19-20(23)24-11-25-21(19)30)18(32)7-6-17-27-14-4-2-3-5-15(14)28-17/h2-5,11-13,16,31,33H,6-10H2,1H3,(H,27,28)(H2,23,24,25)/t13-,16+,22+/m0/s1. The molecule has 1 fully saturated rings. The molecule has 0 saturated carbocycles. The number of benzene rings is 1. The van der Waals surface area contributed by atoms with Crippen LogP contribution in [0.1, 0.15) is 31.6 Å². The number of rotatable bonds is 4. The van der Waals surface area contributed by atoms with Crippen LogP contribution >= 0.6 is 0 Å². The number of aliphatic hydroxyl groups excluding tert-OH is 1. The maximum Gasteiger partial charge on any atom is 0.223 e. The molecule has 1 saturated heterocycles. The molecule has 0 unspecified atom stereocenters. The highest BCUT2D eigenvalue weighted by Gasteiger charge is 2.42. The Morgan fingerprint density at radius 1 is 1.27 bits per heavy atom. The largest absolute Gasteiger partial charge is 0.391 e. The molecule has 0 bridgehead atoms. The van der Waals surface area contributed by atoms with Crippen LogP contribution in [-0.4, -0.2) is 75.3 Å². The molecule has 0 radical (unpaired) electrons. The number of fused-ring (bicyclic) bond motifs is 2. The third-order valence-corrected chi connectivity index (χ3v) is 6.28. The first-order valence-corrected chi connectivity index (χ1v) is 10.9. The number of para-hydroxylation sites is 2. The minimum atomic E-state index is -1.31. The minimum absolute atomic E-state index is 0.102. The van der Waals surface area contributed by atoms with E-state index in [0.29, 0.717) is 17.6 Å². The summed E-state index contributed by atoms with van der Waals surface area (Å²) >= 11 is 0. The molecular formula is C22H26N8O3. The normalized spacial score (nSPS) is 23.8. The average Bonchev–Trinajstić information content (AvgIpc) is 3.36. The first-order valence-electron chi connectivity index (χ1n) is 10.9. The number of amides is 1. The number of nitrogens with two attached hydrogens (primary N) is 1. The molecule has 172 valence electrons. The van der Waals surface area contributed by atoms with Crippen LogP contribution in [0.4, 0.5) is 5.82 Å². The number of carbonyl (C=O) groups excluding carboxylic acids is 1. The van der Waals surface area contributed by atoms with E-state index in [-0.39, 0.29) is 37.7 Å². The van der Waals surface area contributed by atoms with Gasteiger partial charge >= 0.3 is 0 Å². The topological polar surface area (TPSA) is 159 Å². The highest BCUT2D eigenvalue weighted by molar-refractivity contribution is 5.81. The SMILES string of the molecule is C[C@@]1(O)C[C@H](O)CN(C(=O)CCc2nc3ccccc3[nH]2)C[C@H]1n1cnc2c(N)ncnc21. The van der Waals surface area contributed by atoms with Gasteiger partial charge in [-0.2, -0.15) is 0 Å². The lowest BCUT2D eigenvalue weighted by molar-refractivity contribution is -0.132. The van der Waals surface area contributed by atoms with E-state index in [9.17, 15) is 15.0 Å². The molecule has 0 aliphatic carbocycles. The monoisotopic (exact) mass is 450 g/mol. The number of carbonyl (C=O) groups is 1. The minimum Gasteiger partial charge on any atom is -0.391 e. The molecule has 5 rings (SSSR count). The van der Waals surface area contributed by atoms with Crippen molar-refractivity contribution >= 4 is 33.9 Å². The molecule has 33 heavy (non-hydrogen) atoms. The summed E-state index contributed by atoms with van der Waals surface area (Å²) in [6, 6.07) is 7.13. The molecule has 3 atom stereocenters. The molecule has 4 aromatic rings. The lowest BCUT2D eigenvalue weighted by Crippen LogP contribution is -2.42. The van der Waals surface area contributed by atoms with E-state index < -0.39 is 17.7 Å². The van der Waals surface area contributed by atoms with Gasteiger partial charge in [-0.05, 0) is 19.1 Å². The first kappa shape index (κ1) is 21.3. The lowest BCUT2D eigenvalue weighted by atomic mass is 9.91. The van der Waals surface area contributed by atoms with Crippen molar-refractivity contribution in [1.82, 2.24) is 34.4 Å². The number of β-amino-alcohol motifs (C(OH)–C–C–N with tert-alkyl or cyclic N) is 1. The van der Waals surface area contributed by atoms with Crippen molar-refractivity contribution in [2.24, 2.45) is 0 Å². The Labute approximate surface area is 189 Å². The Morgan fingerprint density at radius 2 is 2.09 bits per heavy atom. The summed E-state index contributed by atoms with van der Waals surface area (Å²) < 4.78 is 1.71. The fourth-order valence-corrected chi connectivity index (χ4v) is 4.61. The van der Waals surface area contributed by atoms with Crippen molar-refractivity contribution in [1.29, 1.82) is 0 Å². The van der Waals surface area contributed by atoms with E-state index in [4.69, 9.17) is 5.73 Å². The van der Waals surface area contributed by atoms with Gasteiger partial charge in [0.2, 0.25) is 5.91 Å². The molecular weight excluding hydrogens is 424 g/mol. The van der Waals surface area contributed by atoms with Gasteiger partial charge in [-0.15, -0.1) is 0 Å². The maximum atomic E-state index is 13.1. The van der Waals surface area contributed by atoms with Gasteiger partial charge in [-0.1, -0.05) is 12.1 Å². The Hall–Kier alpha value is -3.57. The number of nitrogens with one attached hydrogen (secondary N) is 1. The lowest BCUT2D eigenvalue weighted by Gasteiger charge is -2.34. The highest BCUT2D eigenvalue weighted by Crippen LogP contribution is 2.34. The number of nitrogens with zero attached hydrogens (tertiary/aromatic N) is 6. The van der Waals surface area contributed by atoms with Crippen LogP contribution in [0.2, 0.25) is 0 Å². The Kier molecular flexibility index (Phi) is 5.22. The zero-order valence-corrected chi connectivity index (χ0v) is 18.2. The van der Waals surface area contributed by atoms with Gasteiger partial charge < -0.3 is 30.4 Å². The summed E-state index contributed by atoms with van der Waals surface area (Å²) in [6.07, 6.45) is 2.79. The summed E-state index contributed by atoms with van der Waals surface area (Å²) in [7, 11) is 0. The van der Waals surface area contributed by atoms with Crippen molar-refractivity contribution in [2.45, 2.75) is 43.9 Å². The number of hydrogen-bond acceptors (Lipinski definition) is 8. The third kappa shape index (κ3) is 4.00. The summed E-state index contributed by atoms with van der Waals surface area (Å²) in [6.45, 7) is 1.98. The second kappa shape index (κ2) is 8.09. The second-order valence-electron chi connectivity index (χ2n) is 8.81. The van der Waals surface area contributed by atoms with Crippen LogP contribution in [0.15, 0.2) is 36.9 Å². The van der Waals surface area contributed by atoms with Gasteiger partial charge in [0.15, 0.2) is 11.5 Å². The van der Waals surface area contributed by atoms with Crippen LogP contribution in [0.25, 0.3) is 22.2 Å². The number of anilines is 1. The molecule has 11 nitrogen and oxygen atoms in total. The van der Waals surface area contributed by atoms with Crippen molar-refractivity contribution in [3.63, 3.8) is 0 Å². The number of hydrogen-bond donors (Lipinski definition) is 4. The number of nitrogen functional groups attached to an aromatic ring is 1. The number of likely N-dealkylation sites (tertiary alicyclic amines) is 1. The zero-order valence-electron chi connectivity index (χ0n) is 18.2. The van der Waals surface area contributed by atoms with Crippen LogP contribution in [0.5, 0.6) is 0 Å². The fourth-order valence-electron chi connectivity index (χ4n) is 4.61. The van der Waals surface area contributed by atoms with E-state index in [0.717, 1.165) is 16.9 Å². The highest BCUT2D eigenvalue weighted by atomic mass is 16.3. The summed E-state index contributed by atoms with van der Waals surface area (Å²) in [5, 5.41) is 21.8. The number of aryl methyl sites for hydroxylation is 1. The third-order valence-electron chi connectivity index (χ3n) is 6.28. The van der Waals surface area contributed by atoms with Gasteiger partial charge in [-0.25, -0.2) is 19.9 Å². The van der Waals surface area contributed by atoms with Gasteiger partial charge in [0.25, 0.3) is 0 Å². The average molecular weight is 451 g/mol. The molecule has 1 amide bonds. The Morgan fingerprint density at radius 3 is 2.91 bits per heavy atom. The van der Waals surface area contributed by atoms with Crippen molar-refractivity contribution in [2.75, 3.05) is 18.8 Å². The van der Waals surface area contributed by atoms with Crippen LogP contribution in [0.3, 0.4) is 0 Å². The van der Waals surface area contributed by atoms with E-state index in [1.807, 2.05) is 24.3 Å². The number of imidazole rings is 2. The molecule has 1 aromatic carbocycles. The quantitative estimate of drug-likeness (QED) is 0.355. The number of aromatic nitrogens is 6. The molecule has 1 aliphatic heterocycles. The molecule has 4 heterocycles. The van der Waals surface area contributed by atoms with Gasteiger partial charge in [0.1, 0.15) is 17.7 Å². The zero-order chi connectivity index (χ0) is 23.2. The molecule has 1 aliphatic rings. The predicted molar refractivity (Wildman–Crippen MR) is 121 cm³/mol. The summed E-state index contributed by atoms with van der Waals surface area (Å²) in [5.74, 6) is 0.845. The van der Waals surface area contributed by atoms with Crippen LogP contribution in [-0.2, 0) is 11.2 Å². The van der Waals surface area contributed by atoms with Gasteiger partial charge in [0, 0.05) is 32.4 Å². The number of aromatic amines is 1. The number of aliphatic hydroxyl groups is 2. The van der Waals surface area contributed by atoms with E-state index in [2.05, 4.69) is 24.9 Å². The van der Waals surface area contributed by atoms with E-state index in [1.54, 1.807) is 22.7 Å². The van der Waals surface area contributed by atoms with Crippen LogP contribution < -0.4 is 5.73 Å². The molecule has 0 spiro atoms. The van der Waals surface area contributed by atoms with Gasteiger partial charge in [-0.3, -0.25) is 4.79 Å². The molecule has 3 aromatic heterocycles. The second-order valence-corrected chi connectivity index (χ2v) is 8.81. The summed E-state index contributed by atoms with van der Waals surface area (Å²) in [4.78, 5) is 35.0. The number of H-pyrrole nitrogens is 1. The Balaban J connectivity index is 1.39. The predicted octanol–water partition coefficient (Wildman–Crippen LogP) is 0.803. The Bertz CT molecular complexity index is 1280. The maximum absolute atomic E-state index is 13.1. The van der Waals surface area contributed by atoms with Crippen molar-refractivity contribution < 1.29 is 15.0 Å². The van der Waals surface area contributed by atoms with Crippen LogP contribution in [0, 0.1) is 0 Å². The first-order chi connectivity index (χ1) is 15.8. The van der Waals surface area contributed by atoms with Crippen molar-refractivity contribution in [3.8, 4) is 0 Å². The summed E-state index contributed by atoms with van der Waals surface area (Å²) in [5.41, 5.74) is 7.29. The smallest absolute Gasteiger partial charge is 0.223 e.